The van der Waals surface area contributed by atoms with Crippen LogP contribution in [0.15, 0.2) is 42.5 Å². The number of rotatable bonds is 5. The highest BCUT2D eigenvalue weighted by molar-refractivity contribution is 5.89. The molecule has 1 heterocycles. The molecule has 0 aliphatic carbocycles. The number of ether oxygens (including phenoxy) is 2. The van der Waals surface area contributed by atoms with Gasteiger partial charge in [0.25, 0.3) is 0 Å². The number of methoxy groups -OCH3 is 2. The predicted molar refractivity (Wildman–Crippen MR) is 107 cm³/mol. The average molecular weight is 380 g/mol. The quantitative estimate of drug-likeness (QED) is 0.863. The second-order valence-electron chi connectivity index (χ2n) is 6.56. The summed E-state index contributed by atoms with van der Waals surface area (Å²) in [6.07, 6.45) is 0. The Balaban J connectivity index is 1.54. The highest BCUT2D eigenvalue weighted by Gasteiger charge is 2.22. The summed E-state index contributed by atoms with van der Waals surface area (Å²) >= 11 is 0. The van der Waals surface area contributed by atoms with Crippen molar-refractivity contribution in [1.82, 2.24) is 9.80 Å². The fourth-order valence-electron chi connectivity index (χ4n) is 3.19. The maximum absolute atomic E-state index is 12.5. The first-order valence-electron chi connectivity index (χ1n) is 9.12. The number of carbonyl (C=O) groups excluding carboxylic acids is 1. The Hall–Kier alpha value is -3.24. The van der Waals surface area contributed by atoms with Gasteiger partial charge in [0.2, 0.25) is 0 Å². The van der Waals surface area contributed by atoms with E-state index in [0.717, 1.165) is 36.7 Å². The number of hydrogen-bond acceptors (Lipinski definition) is 5. The first-order valence-corrected chi connectivity index (χ1v) is 9.12. The maximum Gasteiger partial charge on any atom is 0.321 e. The molecule has 7 nitrogen and oxygen atoms in total. The monoisotopic (exact) mass is 380 g/mol. The molecular formula is C21H24N4O3. The number of nitriles is 1. The first kappa shape index (κ1) is 19.5. The number of amides is 2. The molecule has 1 aliphatic heterocycles. The molecule has 7 heteroatoms. The minimum Gasteiger partial charge on any atom is -0.497 e. The van der Waals surface area contributed by atoms with E-state index < -0.39 is 0 Å². The Bertz CT molecular complexity index is 853. The highest BCUT2D eigenvalue weighted by Crippen LogP contribution is 2.25. The molecular weight excluding hydrogens is 356 g/mol. The summed E-state index contributed by atoms with van der Waals surface area (Å²) in [6, 6.07) is 14.6. The normalized spacial score (nSPS) is 14.2. The fraction of sp³-hybridized carbons (Fsp3) is 0.333. The highest BCUT2D eigenvalue weighted by atomic mass is 16.5. The molecule has 1 saturated heterocycles. The van der Waals surface area contributed by atoms with Gasteiger partial charge in [0.05, 0.1) is 25.9 Å². The van der Waals surface area contributed by atoms with E-state index in [1.807, 2.05) is 18.2 Å². The van der Waals surface area contributed by atoms with Crippen LogP contribution in [0, 0.1) is 11.3 Å². The number of nitrogens with zero attached hydrogens (tertiary/aromatic N) is 3. The first-order chi connectivity index (χ1) is 13.6. The van der Waals surface area contributed by atoms with Gasteiger partial charge in [0.15, 0.2) is 0 Å². The van der Waals surface area contributed by atoms with Gasteiger partial charge < -0.3 is 19.7 Å². The zero-order valence-electron chi connectivity index (χ0n) is 16.1. The summed E-state index contributed by atoms with van der Waals surface area (Å²) < 4.78 is 10.8. The number of nitrogens with one attached hydrogen (secondary N) is 1. The lowest BCUT2D eigenvalue weighted by atomic mass is 10.1. The van der Waals surface area contributed by atoms with Crippen LogP contribution in [0.5, 0.6) is 11.5 Å². The number of anilines is 1. The predicted octanol–water partition coefficient (Wildman–Crippen LogP) is 2.93. The average Bonchev–Trinajstić information content (AvgIpc) is 2.74. The van der Waals surface area contributed by atoms with Gasteiger partial charge in [-0.15, -0.1) is 0 Å². The molecule has 0 unspecified atom stereocenters. The van der Waals surface area contributed by atoms with Crippen molar-refractivity contribution in [3.63, 3.8) is 0 Å². The van der Waals surface area contributed by atoms with Crippen LogP contribution in [0.2, 0.25) is 0 Å². The molecule has 2 aromatic rings. The summed E-state index contributed by atoms with van der Waals surface area (Å²) in [7, 11) is 3.31. The van der Waals surface area contributed by atoms with Crippen LogP contribution >= 0.6 is 0 Å². The Morgan fingerprint density at radius 3 is 2.39 bits per heavy atom. The van der Waals surface area contributed by atoms with Gasteiger partial charge in [-0.1, -0.05) is 0 Å². The molecule has 3 rings (SSSR count). The van der Waals surface area contributed by atoms with Crippen molar-refractivity contribution in [2.45, 2.75) is 6.54 Å². The molecule has 0 bridgehead atoms. The van der Waals surface area contributed by atoms with Gasteiger partial charge in [-0.05, 0) is 42.5 Å². The molecule has 0 radical (unpaired) electrons. The van der Waals surface area contributed by atoms with E-state index in [4.69, 9.17) is 14.7 Å². The third-order valence-electron chi connectivity index (χ3n) is 4.81. The zero-order chi connectivity index (χ0) is 19.9. The van der Waals surface area contributed by atoms with Gasteiger partial charge in [0.1, 0.15) is 11.5 Å². The number of urea groups is 1. The van der Waals surface area contributed by atoms with E-state index in [1.54, 1.807) is 43.4 Å². The van der Waals surface area contributed by atoms with Crippen LogP contribution in [-0.4, -0.2) is 56.2 Å². The van der Waals surface area contributed by atoms with Crippen LogP contribution < -0.4 is 14.8 Å². The van der Waals surface area contributed by atoms with E-state index in [2.05, 4.69) is 16.3 Å². The molecule has 0 saturated carbocycles. The lowest BCUT2D eigenvalue weighted by Gasteiger charge is -2.35. The fourth-order valence-corrected chi connectivity index (χ4v) is 3.19. The van der Waals surface area contributed by atoms with E-state index in [9.17, 15) is 4.79 Å². The topological polar surface area (TPSA) is 77.8 Å². The minimum atomic E-state index is -0.122. The number of hydrogen-bond donors (Lipinski definition) is 1. The summed E-state index contributed by atoms with van der Waals surface area (Å²) in [5.41, 5.74) is 2.32. The van der Waals surface area contributed by atoms with E-state index in [1.165, 1.54) is 0 Å². The maximum atomic E-state index is 12.5. The number of piperazine rings is 1. The molecule has 2 aromatic carbocycles. The minimum absolute atomic E-state index is 0.122. The molecule has 2 amide bonds. The summed E-state index contributed by atoms with van der Waals surface area (Å²) in [5, 5.41) is 11.7. The zero-order valence-corrected chi connectivity index (χ0v) is 16.1. The molecule has 1 N–H and O–H groups in total. The van der Waals surface area contributed by atoms with E-state index >= 15 is 0 Å². The van der Waals surface area contributed by atoms with Crippen LogP contribution in [-0.2, 0) is 6.54 Å². The van der Waals surface area contributed by atoms with Crippen molar-refractivity contribution in [3.05, 3.63) is 53.6 Å². The molecule has 0 spiro atoms. The van der Waals surface area contributed by atoms with Gasteiger partial charge in [0, 0.05) is 44.0 Å². The summed E-state index contributed by atoms with van der Waals surface area (Å²) in [5.74, 6) is 1.64. The molecule has 146 valence electrons. The van der Waals surface area contributed by atoms with Gasteiger partial charge in [-0.25, -0.2) is 4.79 Å². The second kappa shape index (κ2) is 9.11. The van der Waals surface area contributed by atoms with Gasteiger partial charge >= 0.3 is 6.03 Å². The van der Waals surface area contributed by atoms with Crippen LogP contribution in [0.25, 0.3) is 0 Å². The second-order valence-corrected chi connectivity index (χ2v) is 6.56. The SMILES string of the molecule is COc1ccc(OC)c(CN2CCN(C(=O)Nc3ccc(C#N)cc3)CC2)c1. The lowest BCUT2D eigenvalue weighted by molar-refractivity contribution is 0.142. The summed E-state index contributed by atoms with van der Waals surface area (Å²) in [6.45, 7) is 3.59. The molecule has 0 aromatic heterocycles. The van der Waals surface area contributed by atoms with E-state index in [-0.39, 0.29) is 6.03 Å². The smallest absolute Gasteiger partial charge is 0.321 e. The molecule has 0 atom stereocenters. The van der Waals surface area contributed by atoms with Crippen molar-refractivity contribution < 1.29 is 14.3 Å². The summed E-state index contributed by atoms with van der Waals surface area (Å²) in [4.78, 5) is 16.6. The van der Waals surface area contributed by atoms with Gasteiger partial charge in [-0.2, -0.15) is 5.26 Å². The molecule has 28 heavy (non-hydrogen) atoms. The Morgan fingerprint density at radius 1 is 1.07 bits per heavy atom. The van der Waals surface area contributed by atoms with Gasteiger partial charge in [-0.3, -0.25) is 4.90 Å². The van der Waals surface area contributed by atoms with Crippen LogP contribution in [0.1, 0.15) is 11.1 Å². The molecule has 1 aliphatic rings. The third kappa shape index (κ3) is 4.72. The van der Waals surface area contributed by atoms with E-state index in [0.29, 0.717) is 24.3 Å². The van der Waals surface area contributed by atoms with Crippen molar-refractivity contribution in [2.75, 3.05) is 45.7 Å². The molecule has 1 fully saturated rings. The van der Waals surface area contributed by atoms with Crippen molar-refractivity contribution in [2.24, 2.45) is 0 Å². The number of benzene rings is 2. The lowest BCUT2D eigenvalue weighted by Crippen LogP contribution is -2.49. The van der Waals surface area contributed by atoms with Crippen LogP contribution in [0.3, 0.4) is 0 Å². The third-order valence-corrected chi connectivity index (χ3v) is 4.81. The number of carbonyl (C=O) groups is 1. The van der Waals surface area contributed by atoms with Crippen LogP contribution in [0.4, 0.5) is 10.5 Å². The van der Waals surface area contributed by atoms with Crippen molar-refractivity contribution >= 4 is 11.7 Å². The Morgan fingerprint density at radius 2 is 1.79 bits per heavy atom. The van der Waals surface area contributed by atoms with Crippen molar-refractivity contribution in [1.29, 1.82) is 5.26 Å². The Kier molecular flexibility index (Phi) is 6.35. The van der Waals surface area contributed by atoms with Crippen molar-refractivity contribution in [3.8, 4) is 17.6 Å². The Labute approximate surface area is 165 Å². The standard InChI is InChI=1S/C21H24N4O3/c1-27-19-7-8-20(28-2)17(13-19)15-24-9-11-25(12-10-24)21(26)23-18-5-3-16(14-22)4-6-18/h3-8,13H,9-12,15H2,1-2H3,(H,23,26). The largest absolute Gasteiger partial charge is 0.497 e.